The average molecular weight is 309 g/mol. The molecule has 0 radical (unpaired) electrons. The molecule has 0 saturated carbocycles. The van der Waals surface area contributed by atoms with Crippen LogP contribution in [-0.2, 0) is 4.74 Å². The summed E-state index contributed by atoms with van der Waals surface area (Å²) in [5, 5.41) is 8.41. The largest absolute Gasteiger partial charge is 0.491 e. The maximum atomic E-state index is 6.09. The topological polar surface area (TPSA) is 73.2 Å². The maximum Gasteiger partial charge on any atom is 0.121 e. The molecule has 0 fully saturated rings. The predicted octanol–water partition coefficient (Wildman–Crippen LogP) is 3.34. The van der Waals surface area contributed by atoms with E-state index in [4.69, 9.17) is 15.2 Å². The summed E-state index contributed by atoms with van der Waals surface area (Å²) < 4.78 is 10.5. The van der Waals surface area contributed by atoms with Gasteiger partial charge in [0.25, 0.3) is 0 Å². The number of nitrogens with zero attached hydrogens (tertiary/aromatic N) is 1. The predicted molar refractivity (Wildman–Crippen MR) is 93.2 cm³/mol. The van der Waals surface area contributed by atoms with Gasteiger partial charge in [-0.3, -0.25) is 5.10 Å². The number of nitrogens with two attached hydrogens (primary N) is 1. The highest BCUT2D eigenvalue weighted by atomic mass is 16.5. The summed E-state index contributed by atoms with van der Waals surface area (Å²) in [6.45, 7) is 1.05. The Hall–Kier alpha value is -2.79. The highest BCUT2D eigenvalue weighted by molar-refractivity contribution is 5.90. The van der Waals surface area contributed by atoms with Crippen LogP contribution in [0.3, 0.4) is 0 Å². The minimum atomic E-state index is 0.504. The highest BCUT2D eigenvalue weighted by Crippen LogP contribution is 2.23. The summed E-state index contributed by atoms with van der Waals surface area (Å²) in [6, 6.07) is 13.7. The fraction of sp³-hybridized carbons (Fsp3) is 0.167. The molecule has 3 aromatic rings. The molecule has 5 heteroatoms. The van der Waals surface area contributed by atoms with Gasteiger partial charge in [0.2, 0.25) is 0 Å². The summed E-state index contributed by atoms with van der Waals surface area (Å²) in [4.78, 5) is 0. The van der Waals surface area contributed by atoms with Crippen molar-refractivity contribution in [2.75, 3.05) is 26.1 Å². The van der Waals surface area contributed by atoms with Crippen molar-refractivity contribution in [3.05, 3.63) is 53.7 Å². The van der Waals surface area contributed by atoms with Crippen molar-refractivity contribution in [1.29, 1.82) is 0 Å². The Morgan fingerprint density at radius 1 is 1.13 bits per heavy atom. The Kier molecular flexibility index (Phi) is 4.59. The second-order valence-corrected chi connectivity index (χ2v) is 5.12. The van der Waals surface area contributed by atoms with E-state index in [0.717, 1.165) is 27.9 Å². The number of nitrogen functional groups attached to an aromatic ring is 1. The zero-order valence-electron chi connectivity index (χ0n) is 13.0. The van der Waals surface area contributed by atoms with Crippen molar-refractivity contribution in [3.8, 4) is 5.75 Å². The first-order valence-electron chi connectivity index (χ1n) is 7.40. The first-order chi connectivity index (χ1) is 11.3. The molecule has 0 amide bonds. The Labute approximate surface area is 134 Å². The number of methoxy groups -OCH3 is 1. The normalized spacial score (nSPS) is 11.3. The SMILES string of the molecule is COCCOc1ccc(C=Cc2n[nH]c3ccccc23)c(N)c1. The summed E-state index contributed by atoms with van der Waals surface area (Å²) in [5.74, 6) is 0.738. The number of nitrogens with one attached hydrogen (secondary N) is 1. The van der Waals surface area contributed by atoms with Gasteiger partial charge in [0.15, 0.2) is 0 Å². The molecule has 0 atom stereocenters. The number of para-hydroxylation sites is 1. The maximum absolute atomic E-state index is 6.09. The summed E-state index contributed by atoms with van der Waals surface area (Å²) >= 11 is 0. The van der Waals surface area contributed by atoms with Gasteiger partial charge < -0.3 is 15.2 Å². The number of anilines is 1. The van der Waals surface area contributed by atoms with Crippen LogP contribution in [0.4, 0.5) is 5.69 Å². The minimum Gasteiger partial charge on any atom is -0.491 e. The molecule has 3 N–H and O–H groups in total. The second kappa shape index (κ2) is 6.98. The number of H-pyrrole nitrogens is 1. The molecule has 0 bridgehead atoms. The molecular weight excluding hydrogens is 290 g/mol. The van der Waals surface area contributed by atoms with Crippen molar-refractivity contribution in [2.24, 2.45) is 0 Å². The lowest BCUT2D eigenvalue weighted by atomic mass is 10.1. The summed E-state index contributed by atoms with van der Waals surface area (Å²) in [7, 11) is 1.64. The summed E-state index contributed by atoms with van der Waals surface area (Å²) in [5.41, 5.74) is 9.58. The molecule has 0 saturated heterocycles. The molecule has 23 heavy (non-hydrogen) atoms. The third kappa shape index (κ3) is 3.52. The molecule has 1 aromatic heterocycles. The Morgan fingerprint density at radius 3 is 2.83 bits per heavy atom. The van der Waals surface area contributed by atoms with Gasteiger partial charge in [-0.1, -0.05) is 24.3 Å². The van der Waals surface area contributed by atoms with Crippen molar-refractivity contribution in [1.82, 2.24) is 10.2 Å². The number of aromatic amines is 1. The molecule has 0 unspecified atom stereocenters. The molecule has 0 spiro atoms. The van der Waals surface area contributed by atoms with Crippen LogP contribution in [-0.4, -0.2) is 30.5 Å². The quantitative estimate of drug-likeness (QED) is 0.541. The van der Waals surface area contributed by atoms with E-state index in [9.17, 15) is 0 Å². The van der Waals surface area contributed by atoms with Gasteiger partial charge in [-0.15, -0.1) is 0 Å². The average Bonchev–Trinajstić information content (AvgIpc) is 2.98. The van der Waals surface area contributed by atoms with Crippen molar-refractivity contribution in [3.63, 3.8) is 0 Å². The van der Waals surface area contributed by atoms with E-state index >= 15 is 0 Å². The van der Waals surface area contributed by atoms with Crippen LogP contribution in [0.2, 0.25) is 0 Å². The van der Waals surface area contributed by atoms with Crippen LogP contribution < -0.4 is 10.5 Å². The first kappa shape index (κ1) is 15.1. The van der Waals surface area contributed by atoms with E-state index in [1.807, 2.05) is 54.6 Å². The van der Waals surface area contributed by atoms with E-state index < -0.39 is 0 Å². The lowest BCUT2D eigenvalue weighted by Gasteiger charge is -2.07. The number of benzene rings is 2. The van der Waals surface area contributed by atoms with Crippen LogP contribution in [0.25, 0.3) is 23.1 Å². The van der Waals surface area contributed by atoms with Gasteiger partial charge in [-0.2, -0.15) is 5.10 Å². The van der Waals surface area contributed by atoms with Crippen LogP contribution in [0, 0.1) is 0 Å². The fourth-order valence-corrected chi connectivity index (χ4v) is 2.32. The van der Waals surface area contributed by atoms with Gasteiger partial charge in [0.05, 0.1) is 17.8 Å². The Balaban J connectivity index is 1.77. The number of hydrogen-bond donors (Lipinski definition) is 2. The second-order valence-electron chi connectivity index (χ2n) is 5.12. The van der Waals surface area contributed by atoms with Gasteiger partial charge in [-0.05, 0) is 29.8 Å². The van der Waals surface area contributed by atoms with Gasteiger partial charge >= 0.3 is 0 Å². The molecule has 5 nitrogen and oxygen atoms in total. The van der Waals surface area contributed by atoms with Gasteiger partial charge in [0.1, 0.15) is 12.4 Å². The molecule has 2 aromatic carbocycles. The van der Waals surface area contributed by atoms with Crippen LogP contribution in [0.5, 0.6) is 5.75 Å². The monoisotopic (exact) mass is 309 g/mol. The van der Waals surface area contributed by atoms with E-state index in [1.54, 1.807) is 7.11 Å². The number of rotatable bonds is 6. The number of fused-ring (bicyclic) bond motifs is 1. The van der Waals surface area contributed by atoms with E-state index in [-0.39, 0.29) is 0 Å². The number of ether oxygens (including phenoxy) is 2. The molecule has 0 aliphatic rings. The molecule has 3 rings (SSSR count). The van der Waals surface area contributed by atoms with Crippen molar-refractivity contribution < 1.29 is 9.47 Å². The smallest absolute Gasteiger partial charge is 0.121 e. The minimum absolute atomic E-state index is 0.504. The zero-order valence-corrected chi connectivity index (χ0v) is 13.0. The fourth-order valence-electron chi connectivity index (χ4n) is 2.32. The highest BCUT2D eigenvalue weighted by Gasteiger charge is 2.03. The Bertz CT molecular complexity index is 824. The zero-order chi connectivity index (χ0) is 16.1. The van der Waals surface area contributed by atoms with Gasteiger partial charge in [-0.25, -0.2) is 0 Å². The molecule has 118 valence electrons. The third-order valence-electron chi connectivity index (χ3n) is 3.54. The third-order valence-corrected chi connectivity index (χ3v) is 3.54. The van der Waals surface area contributed by atoms with Crippen molar-refractivity contribution in [2.45, 2.75) is 0 Å². The standard InChI is InChI=1S/C18H19N3O2/c1-22-10-11-23-14-8-6-13(16(19)12-14)7-9-18-15-4-2-3-5-17(15)20-21-18/h2-9,12H,10-11,19H2,1H3,(H,20,21). The molecule has 0 aliphatic carbocycles. The Morgan fingerprint density at radius 2 is 2.00 bits per heavy atom. The lowest BCUT2D eigenvalue weighted by molar-refractivity contribution is 0.146. The first-order valence-corrected chi connectivity index (χ1v) is 7.40. The lowest BCUT2D eigenvalue weighted by Crippen LogP contribution is -2.04. The van der Waals surface area contributed by atoms with E-state index in [2.05, 4.69) is 10.2 Å². The van der Waals surface area contributed by atoms with E-state index in [1.165, 1.54) is 0 Å². The van der Waals surface area contributed by atoms with E-state index in [0.29, 0.717) is 18.9 Å². The molecule has 1 heterocycles. The van der Waals surface area contributed by atoms with Crippen molar-refractivity contribution >= 4 is 28.7 Å². The molecular formula is C18H19N3O2. The van der Waals surface area contributed by atoms with Crippen LogP contribution >= 0.6 is 0 Å². The molecule has 0 aliphatic heterocycles. The number of aromatic nitrogens is 2. The number of hydrogen-bond acceptors (Lipinski definition) is 4. The van der Waals surface area contributed by atoms with Gasteiger partial charge in [0, 0.05) is 24.2 Å². The van der Waals surface area contributed by atoms with Crippen LogP contribution in [0.1, 0.15) is 11.3 Å². The summed E-state index contributed by atoms with van der Waals surface area (Å²) in [6.07, 6.45) is 3.91. The van der Waals surface area contributed by atoms with Crippen LogP contribution in [0.15, 0.2) is 42.5 Å².